The molecule has 0 aliphatic carbocycles. The Labute approximate surface area is 97.2 Å². The Morgan fingerprint density at radius 3 is 2.31 bits per heavy atom. The van der Waals surface area contributed by atoms with Crippen molar-refractivity contribution < 1.29 is 15.0 Å². The lowest BCUT2D eigenvalue weighted by Crippen LogP contribution is -2.42. The van der Waals surface area contributed by atoms with Crippen molar-refractivity contribution >= 4 is 5.91 Å². The van der Waals surface area contributed by atoms with Crippen LogP contribution in [0.15, 0.2) is 0 Å². The molecule has 0 atom stereocenters. The van der Waals surface area contributed by atoms with Crippen molar-refractivity contribution in [1.82, 2.24) is 10.6 Å². The molecule has 0 aromatic carbocycles. The summed E-state index contributed by atoms with van der Waals surface area (Å²) in [6.45, 7) is 6.89. The monoisotopic (exact) mass is 232 g/mol. The van der Waals surface area contributed by atoms with Gasteiger partial charge in [0.25, 0.3) is 0 Å². The average Bonchev–Trinajstić information content (AvgIpc) is 2.26. The van der Waals surface area contributed by atoms with E-state index in [0.717, 1.165) is 0 Å². The first kappa shape index (κ1) is 15.3. The second-order valence-corrected chi connectivity index (χ2v) is 4.93. The molecule has 0 aliphatic rings. The van der Waals surface area contributed by atoms with E-state index in [1.54, 1.807) is 6.92 Å². The second kappa shape index (κ2) is 7.60. The van der Waals surface area contributed by atoms with Crippen LogP contribution in [0.4, 0.5) is 0 Å². The first-order valence-electron chi connectivity index (χ1n) is 5.62. The first-order valence-corrected chi connectivity index (χ1v) is 5.62. The Morgan fingerprint density at radius 2 is 1.88 bits per heavy atom. The van der Waals surface area contributed by atoms with E-state index in [1.165, 1.54) is 0 Å². The van der Waals surface area contributed by atoms with E-state index in [0.29, 0.717) is 19.0 Å². The summed E-state index contributed by atoms with van der Waals surface area (Å²) < 4.78 is 0. The molecule has 0 bridgehead atoms. The van der Waals surface area contributed by atoms with E-state index in [-0.39, 0.29) is 25.7 Å². The van der Waals surface area contributed by atoms with Gasteiger partial charge in [-0.15, -0.1) is 0 Å². The molecule has 0 saturated carbocycles. The van der Waals surface area contributed by atoms with E-state index in [2.05, 4.69) is 10.6 Å². The van der Waals surface area contributed by atoms with Gasteiger partial charge in [0.1, 0.15) is 0 Å². The molecule has 5 heteroatoms. The molecule has 0 rings (SSSR count). The average molecular weight is 232 g/mol. The molecule has 0 aliphatic heterocycles. The van der Waals surface area contributed by atoms with Gasteiger partial charge in [0.2, 0.25) is 5.91 Å². The van der Waals surface area contributed by atoms with Gasteiger partial charge in [-0.25, -0.2) is 0 Å². The van der Waals surface area contributed by atoms with Crippen molar-refractivity contribution in [3.63, 3.8) is 0 Å². The second-order valence-electron chi connectivity index (χ2n) is 4.93. The minimum Gasteiger partial charge on any atom is -0.396 e. The molecule has 1 amide bonds. The van der Waals surface area contributed by atoms with Crippen LogP contribution in [0.5, 0.6) is 0 Å². The molecule has 0 aromatic heterocycles. The summed E-state index contributed by atoms with van der Waals surface area (Å²) in [6, 6.07) is 0. The summed E-state index contributed by atoms with van der Waals surface area (Å²) in [5.74, 6) is 0.371. The van der Waals surface area contributed by atoms with E-state index >= 15 is 0 Å². The first-order chi connectivity index (χ1) is 7.43. The van der Waals surface area contributed by atoms with Crippen molar-refractivity contribution in [2.75, 3.05) is 32.8 Å². The fourth-order valence-electron chi connectivity index (χ4n) is 1.02. The van der Waals surface area contributed by atoms with Gasteiger partial charge in [0, 0.05) is 18.5 Å². The van der Waals surface area contributed by atoms with Gasteiger partial charge in [-0.3, -0.25) is 4.79 Å². The Hall–Kier alpha value is -0.650. The highest BCUT2D eigenvalue weighted by Gasteiger charge is 2.21. The van der Waals surface area contributed by atoms with Crippen LogP contribution in [0, 0.1) is 11.3 Å². The lowest BCUT2D eigenvalue weighted by molar-refractivity contribution is -0.120. The molecule has 0 saturated heterocycles. The van der Waals surface area contributed by atoms with Crippen molar-refractivity contribution in [3.8, 4) is 0 Å². The van der Waals surface area contributed by atoms with Crippen LogP contribution < -0.4 is 10.6 Å². The van der Waals surface area contributed by atoms with Crippen LogP contribution in [-0.4, -0.2) is 49.0 Å². The van der Waals surface area contributed by atoms with Crippen LogP contribution in [0.2, 0.25) is 0 Å². The van der Waals surface area contributed by atoms with Crippen molar-refractivity contribution in [2.24, 2.45) is 11.3 Å². The number of hydrogen-bond acceptors (Lipinski definition) is 4. The largest absolute Gasteiger partial charge is 0.396 e. The maximum Gasteiger partial charge on any atom is 0.233 e. The summed E-state index contributed by atoms with van der Waals surface area (Å²) in [7, 11) is 0. The fraction of sp³-hybridized carbons (Fsp3) is 0.909. The molecule has 0 unspecified atom stereocenters. The third-order valence-corrected chi connectivity index (χ3v) is 2.31. The van der Waals surface area contributed by atoms with E-state index in [9.17, 15) is 4.79 Å². The van der Waals surface area contributed by atoms with Gasteiger partial charge >= 0.3 is 0 Å². The van der Waals surface area contributed by atoms with Gasteiger partial charge in [0.15, 0.2) is 0 Å². The van der Waals surface area contributed by atoms with Gasteiger partial charge in [-0.1, -0.05) is 20.8 Å². The zero-order valence-electron chi connectivity index (χ0n) is 10.4. The fourth-order valence-corrected chi connectivity index (χ4v) is 1.02. The number of aliphatic hydroxyl groups excluding tert-OH is 2. The van der Waals surface area contributed by atoms with Crippen molar-refractivity contribution in [3.05, 3.63) is 0 Å². The lowest BCUT2D eigenvalue weighted by atomic mass is 9.93. The number of nitrogens with one attached hydrogen (secondary N) is 2. The molecule has 4 N–H and O–H groups in total. The Bertz CT molecular complexity index is 203. The molecule has 0 aromatic rings. The molecular weight excluding hydrogens is 208 g/mol. The van der Waals surface area contributed by atoms with Crippen molar-refractivity contribution in [2.45, 2.75) is 20.8 Å². The maximum absolute atomic E-state index is 11.3. The molecular formula is C11H24N2O3. The minimum atomic E-state index is -0.571. The molecule has 5 nitrogen and oxygen atoms in total. The zero-order chi connectivity index (χ0) is 12.6. The van der Waals surface area contributed by atoms with E-state index in [1.807, 2.05) is 13.8 Å². The summed E-state index contributed by atoms with van der Waals surface area (Å²) in [5.41, 5.74) is -0.571. The van der Waals surface area contributed by atoms with Crippen LogP contribution in [0.1, 0.15) is 20.8 Å². The third-order valence-electron chi connectivity index (χ3n) is 2.31. The number of aliphatic hydroxyl groups is 2. The SMILES string of the molecule is CC(C)CNC(=O)CNCC(C)(CO)CO. The Kier molecular flexibility index (Phi) is 7.29. The Morgan fingerprint density at radius 1 is 1.31 bits per heavy atom. The number of carbonyl (C=O) groups is 1. The third kappa shape index (κ3) is 6.76. The van der Waals surface area contributed by atoms with Gasteiger partial charge in [-0.2, -0.15) is 0 Å². The zero-order valence-corrected chi connectivity index (χ0v) is 10.4. The van der Waals surface area contributed by atoms with Crippen LogP contribution in [0.3, 0.4) is 0 Å². The maximum atomic E-state index is 11.3. The number of hydrogen-bond donors (Lipinski definition) is 4. The molecule has 0 spiro atoms. The van der Waals surface area contributed by atoms with E-state index < -0.39 is 5.41 Å². The quantitative estimate of drug-likeness (QED) is 0.448. The summed E-state index contributed by atoms with van der Waals surface area (Å²) in [6.07, 6.45) is 0. The predicted octanol–water partition coefficient (Wildman–Crippen LogP) is -0.661. The van der Waals surface area contributed by atoms with Crippen LogP contribution in [0.25, 0.3) is 0 Å². The Balaban J connectivity index is 3.69. The van der Waals surface area contributed by atoms with Gasteiger partial charge in [-0.05, 0) is 5.92 Å². The van der Waals surface area contributed by atoms with Gasteiger partial charge in [0.05, 0.1) is 19.8 Å². The molecule has 0 fully saturated rings. The smallest absolute Gasteiger partial charge is 0.233 e. The highest BCUT2D eigenvalue weighted by atomic mass is 16.3. The highest BCUT2D eigenvalue weighted by molar-refractivity contribution is 5.77. The molecule has 96 valence electrons. The van der Waals surface area contributed by atoms with Crippen LogP contribution in [-0.2, 0) is 4.79 Å². The van der Waals surface area contributed by atoms with E-state index in [4.69, 9.17) is 10.2 Å². The molecule has 0 heterocycles. The number of rotatable bonds is 8. The highest BCUT2D eigenvalue weighted by Crippen LogP contribution is 2.11. The summed E-state index contributed by atoms with van der Waals surface area (Å²) >= 11 is 0. The lowest BCUT2D eigenvalue weighted by Gasteiger charge is -2.24. The number of carbonyl (C=O) groups excluding carboxylic acids is 1. The summed E-state index contributed by atoms with van der Waals surface area (Å²) in [5, 5.41) is 23.7. The predicted molar refractivity (Wildman–Crippen MR) is 63.0 cm³/mol. The van der Waals surface area contributed by atoms with Gasteiger partial charge < -0.3 is 20.8 Å². The normalized spacial score (nSPS) is 11.9. The standard InChI is InChI=1S/C11H24N2O3/c1-9(2)4-13-10(16)5-12-6-11(3,7-14)8-15/h9,12,14-15H,4-8H2,1-3H3,(H,13,16). The molecule has 0 radical (unpaired) electrons. The molecule has 16 heavy (non-hydrogen) atoms. The minimum absolute atomic E-state index is 0.0630. The summed E-state index contributed by atoms with van der Waals surface area (Å²) in [4.78, 5) is 11.3. The topological polar surface area (TPSA) is 81.6 Å². The van der Waals surface area contributed by atoms with Crippen molar-refractivity contribution in [1.29, 1.82) is 0 Å². The van der Waals surface area contributed by atoms with Crippen LogP contribution >= 0.6 is 0 Å². The number of amides is 1.